The molecule has 0 bridgehead atoms. The zero-order valence-corrected chi connectivity index (χ0v) is 22.3. The number of halogens is 1. The van der Waals surface area contributed by atoms with Crippen molar-refractivity contribution in [3.05, 3.63) is 113 Å². The van der Waals surface area contributed by atoms with Crippen LogP contribution in [0.3, 0.4) is 0 Å². The van der Waals surface area contributed by atoms with E-state index in [-0.39, 0.29) is 17.8 Å². The minimum atomic E-state index is -0.528. The number of hydrogen-bond donors (Lipinski definition) is 1. The molecule has 200 valence electrons. The van der Waals surface area contributed by atoms with E-state index in [0.29, 0.717) is 52.3 Å². The molecule has 0 aliphatic carbocycles. The van der Waals surface area contributed by atoms with E-state index in [1.54, 1.807) is 48.5 Å². The average molecular weight is 545 g/mol. The van der Waals surface area contributed by atoms with Gasteiger partial charge >= 0.3 is 6.09 Å². The summed E-state index contributed by atoms with van der Waals surface area (Å²) in [6.07, 6.45) is 0.284. The fraction of sp³-hybridized carbons (Fsp3) is 0.161. The van der Waals surface area contributed by atoms with Gasteiger partial charge in [0.1, 0.15) is 22.7 Å². The van der Waals surface area contributed by atoms with Crippen molar-refractivity contribution >= 4 is 46.1 Å². The van der Waals surface area contributed by atoms with Gasteiger partial charge in [0, 0.05) is 24.8 Å². The van der Waals surface area contributed by atoms with Crippen molar-refractivity contribution in [3.8, 4) is 11.5 Å². The quantitative estimate of drug-likeness (QED) is 0.161. The first-order valence-electron chi connectivity index (χ1n) is 12.4. The topological polar surface area (TPSA) is 81.0 Å². The lowest BCUT2D eigenvalue weighted by Gasteiger charge is -2.17. The molecule has 0 radical (unpaired) electrons. The van der Waals surface area contributed by atoms with Crippen molar-refractivity contribution in [3.63, 3.8) is 0 Å². The average Bonchev–Trinajstić information content (AvgIpc) is 2.92. The molecule has 0 aliphatic heterocycles. The van der Waals surface area contributed by atoms with Gasteiger partial charge in [0.05, 0.1) is 17.4 Å². The normalized spacial score (nSPS) is 10.8. The predicted octanol–water partition coefficient (Wildman–Crippen LogP) is 6.88. The second-order valence-electron chi connectivity index (χ2n) is 9.05. The second kappa shape index (κ2) is 13.0. The lowest BCUT2D eigenvalue weighted by Crippen LogP contribution is -2.21. The molecule has 5 rings (SSSR count). The van der Waals surface area contributed by atoms with Crippen LogP contribution in [0.4, 0.5) is 10.5 Å². The molecule has 4 aromatic carbocycles. The summed E-state index contributed by atoms with van der Waals surface area (Å²) in [6, 6.07) is 29.2. The van der Waals surface area contributed by atoms with Gasteiger partial charge in [0.25, 0.3) is 0 Å². The molecule has 5 aromatic rings. The van der Waals surface area contributed by atoms with Gasteiger partial charge in [-0.3, -0.25) is 10.1 Å². The summed E-state index contributed by atoms with van der Waals surface area (Å²) < 4.78 is 17.3. The number of fused-ring (bicyclic) bond motifs is 2. The van der Waals surface area contributed by atoms with Crippen LogP contribution in [0, 0.1) is 0 Å². The third-order valence-corrected chi connectivity index (χ3v) is 6.08. The Bertz CT molecular complexity index is 1620. The van der Waals surface area contributed by atoms with E-state index in [2.05, 4.69) is 10.2 Å². The van der Waals surface area contributed by atoms with Crippen LogP contribution in [0.5, 0.6) is 11.5 Å². The zero-order chi connectivity index (χ0) is 26.3. The van der Waals surface area contributed by atoms with Crippen LogP contribution in [0.2, 0.25) is 0 Å². The summed E-state index contributed by atoms with van der Waals surface area (Å²) in [5, 5.41) is 3.83. The van der Waals surface area contributed by atoms with Crippen LogP contribution in [0.1, 0.15) is 12.0 Å². The van der Waals surface area contributed by atoms with Gasteiger partial charge in [0.15, 0.2) is 0 Å². The highest BCUT2D eigenvalue weighted by Gasteiger charge is 2.09. The Morgan fingerprint density at radius 2 is 1.62 bits per heavy atom. The van der Waals surface area contributed by atoms with E-state index in [0.717, 1.165) is 18.5 Å². The van der Waals surface area contributed by atoms with E-state index in [4.69, 9.17) is 13.9 Å². The maximum atomic E-state index is 12.7. The number of rotatable bonds is 9. The van der Waals surface area contributed by atoms with E-state index in [1.165, 1.54) is 0 Å². The minimum Gasteiger partial charge on any atom is -0.493 e. The summed E-state index contributed by atoms with van der Waals surface area (Å²) >= 11 is 0. The fourth-order valence-electron chi connectivity index (χ4n) is 4.27. The maximum Gasteiger partial charge on any atom is 0.417 e. The number of anilines is 1. The van der Waals surface area contributed by atoms with Crippen LogP contribution in [-0.4, -0.2) is 31.2 Å². The molecule has 0 saturated heterocycles. The third kappa shape index (κ3) is 7.16. The third-order valence-electron chi connectivity index (χ3n) is 6.08. The van der Waals surface area contributed by atoms with E-state index < -0.39 is 6.09 Å². The Balaban J connectivity index is 0.00000353. The molecule has 0 spiro atoms. The summed E-state index contributed by atoms with van der Waals surface area (Å²) in [4.78, 5) is 27.1. The molecule has 1 aromatic heterocycles. The number of carbonyl (C=O) groups excluding carboxylic acids is 1. The molecule has 0 saturated carbocycles. The molecule has 1 N–H and O–H groups in total. The van der Waals surface area contributed by atoms with Crippen molar-refractivity contribution in [1.29, 1.82) is 0 Å². The SMILES string of the molecule is CN(CCCOc1ccc2c(=O)c3ccccc3oc2c1)Cc1cccc(OC(=O)Nc2ccccc2)c1.Cl. The number of hydrogen-bond acceptors (Lipinski definition) is 6. The molecule has 0 fully saturated rings. The highest BCUT2D eigenvalue weighted by molar-refractivity contribution is 5.90. The monoisotopic (exact) mass is 544 g/mol. The standard InChI is InChI=1S/C31H28N2O5.ClH/c1-33(21-22-9-7-12-25(19-22)37-31(35)32-23-10-3-2-4-11-23)17-8-18-36-24-15-16-27-29(20-24)38-28-14-6-5-13-26(28)30(27)34;/h2-7,9-16,19-20H,8,17-18,21H2,1H3,(H,32,35);1H. The van der Waals surface area contributed by atoms with E-state index in [9.17, 15) is 9.59 Å². The van der Waals surface area contributed by atoms with Gasteiger partial charge in [0.2, 0.25) is 5.43 Å². The van der Waals surface area contributed by atoms with Crippen molar-refractivity contribution in [2.45, 2.75) is 13.0 Å². The summed E-state index contributed by atoms with van der Waals surface area (Å²) in [5.41, 5.74) is 2.76. The number of ether oxygens (including phenoxy) is 2. The van der Waals surface area contributed by atoms with Crippen LogP contribution >= 0.6 is 12.4 Å². The number of carbonyl (C=O) groups is 1. The summed E-state index contributed by atoms with van der Waals surface area (Å²) in [7, 11) is 2.03. The van der Waals surface area contributed by atoms with Gasteiger partial charge in [-0.1, -0.05) is 42.5 Å². The van der Waals surface area contributed by atoms with Crippen LogP contribution in [0.25, 0.3) is 21.9 Å². The van der Waals surface area contributed by atoms with Gasteiger partial charge < -0.3 is 18.8 Å². The molecule has 0 unspecified atom stereocenters. The molecule has 39 heavy (non-hydrogen) atoms. The van der Waals surface area contributed by atoms with Crippen molar-refractivity contribution in [2.24, 2.45) is 0 Å². The number of nitrogens with zero attached hydrogens (tertiary/aromatic N) is 1. The Labute approximate surface area is 232 Å². The first-order valence-corrected chi connectivity index (χ1v) is 12.4. The largest absolute Gasteiger partial charge is 0.493 e. The Kier molecular flexibility index (Phi) is 9.20. The molecule has 0 atom stereocenters. The lowest BCUT2D eigenvalue weighted by molar-refractivity contribution is 0.215. The van der Waals surface area contributed by atoms with Crippen molar-refractivity contribution in [1.82, 2.24) is 4.90 Å². The van der Waals surface area contributed by atoms with Gasteiger partial charge in [-0.15, -0.1) is 12.4 Å². The van der Waals surface area contributed by atoms with E-state index >= 15 is 0 Å². The summed E-state index contributed by atoms with van der Waals surface area (Å²) in [5.74, 6) is 1.15. The first kappa shape index (κ1) is 27.7. The van der Waals surface area contributed by atoms with E-state index in [1.807, 2.05) is 55.6 Å². The van der Waals surface area contributed by atoms with Crippen LogP contribution < -0.4 is 20.2 Å². The highest BCUT2D eigenvalue weighted by Crippen LogP contribution is 2.23. The van der Waals surface area contributed by atoms with Gasteiger partial charge in [-0.05, 0) is 67.6 Å². The Hall–Kier alpha value is -4.33. The molecule has 0 aliphatic rings. The van der Waals surface area contributed by atoms with Crippen molar-refractivity contribution in [2.75, 3.05) is 25.5 Å². The zero-order valence-electron chi connectivity index (χ0n) is 21.5. The minimum absolute atomic E-state index is 0. The Morgan fingerprint density at radius 3 is 2.46 bits per heavy atom. The second-order valence-corrected chi connectivity index (χ2v) is 9.05. The smallest absolute Gasteiger partial charge is 0.417 e. The summed E-state index contributed by atoms with van der Waals surface area (Å²) in [6.45, 7) is 2.04. The number of benzene rings is 4. The van der Waals surface area contributed by atoms with Crippen LogP contribution in [-0.2, 0) is 6.54 Å². The number of nitrogens with one attached hydrogen (secondary N) is 1. The Morgan fingerprint density at radius 1 is 0.846 bits per heavy atom. The molecular formula is C31H29ClN2O5. The predicted molar refractivity (Wildman–Crippen MR) is 156 cm³/mol. The molecule has 1 heterocycles. The van der Waals surface area contributed by atoms with Crippen molar-refractivity contribution < 1.29 is 18.7 Å². The number of para-hydroxylation sites is 2. The first-order chi connectivity index (χ1) is 18.5. The fourth-order valence-corrected chi connectivity index (χ4v) is 4.27. The molecule has 7 nitrogen and oxygen atoms in total. The van der Waals surface area contributed by atoms with Gasteiger partial charge in [-0.25, -0.2) is 4.79 Å². The molecule has 8 heteroatoms. The van der Waals surface area contributed by atoms with Crippen LogP contribution in [0.15, 0.2) is 106 Å². The highest BCUT2D eigenvalue weighted by atomic mass is 35.5. The molecular weight excluding hydrogens is 516 g/mol. The molecule has 1 amide bonds. The van der Waals surface area contributed by atoms with Gasteiger partial charge in [-0.2, -0.15) is 0 Å². The maximum absolute atomic E-state index is 12.7. The number of amides is 1. The lowest BCUT2D eigenvalue weighted by atomic mass is 10.1.